The third kappa shape index (κ3) is 4.17. The second-order valence-electron chi connectivity index (χ2n) is 5.94. The van der Waals surface area contributed by atoms with Crippen molar-refractivity contribution in [2.75, 3.05) is 47.4 Å². The van der Waals surface area contributed by atoms with Crippen LogP contribution in [0.4, 0.5) is 0 Å². The third-order valence-corrected chi connectivity index (χ3v) is 4.14. The Kier molecular flexibility index (Phi) is 6.03. The molecule has 24 heavy (non-hydrogen) atoms. The van der Waals surface area contributed by atoms with Gasteiger partial charge >= 0.3 is 0 Å². The second kappa shape index (κ2) is 8.01. The molecular weight excluding hydrogens is 310 g/mol. The average molecular weight is 335 g/mol. The van der Waals surface area contributed by atoms with Crippen LogP contribution in [0.25, 0.3) is 0 Å². The first-order valence-electron chi connectivity index (χ1n) is 7.97. The van der Waals surface area contributed by atoms with Crippen LogP contribution in [0.15, 0.2) is 18.2 Å². The molecule has 1 saturated heterocycles. The fourth-order valence-corrected chi connectivity index (χ4v) is 2.74. The molecule has 0 aliphatic carbocycles. The highest BCUT2D eigenvalue weighted by atomic mass is 16.5. The van der Waals surface area contributed by atoms with Gasteiger partial charge in [-0.15, -0.1) is 0 Å². The molecule has 1 aliphatic heterocycles. The molecule has 0 unspecified atom stereocenters. The van der Waals surface area contributed by atoms with Crippen molar-refractivity contribution in [2.24, 2.45) is 0 Å². The van der Waals surface area contributed by atoms with Crippen LogP contribution in [0.2, 0.25) is 0 Å². The number of amides is 2. The molecule has 1 aliphatic rings. The van der Waals surface area contributed by atoms with Gasteiger partial charge in [-0.2, -0.15) is 0 Å². The molecule has 0 spiro atoms. The molecular formula is C17H25N3O4. The van der Waals surface area contributed by atoms with Crippen LogP contribution in [-0.4, -0.2) is 75.1 Å². The molecule has 0 saturated carbocycles. The number of hydrogen-bond donors (Lipinski definition) is 1. The predicted molar refractivity (Wildman–Crippen MR) is 90.6 cm³/mol. The Bertz CT molecular complexity index is 605. The summed E-state index contributed by atoms with van der Waals surface area (Å²) in [5.41, 5.74) is 0.551. The minimum absolute atomic E-state index is 0.0215. The van der Waals surface area contributed by atoms with Crippen molar-refractivity contribution in [3.05, 3.63) is 23.8 Å². The molecule has 0 radical (unpaired) electrons. The summed E-state index contributed by atoms with van der Waals surface area (Å²) in [6.07, 6.45) is 0. The molecule has 2 rings (SSSR count). The number of methoxy groups -OCH3 is 1. The van der Waals surface area contributed by atoms with Crippen LogP contribution < -0.4 is 14.8 Å². The van der Waals surface area contributed by atoms with E-state index in [0.717, 1.165) is 13.1 Å². The molecule has 2 amide bonds. The van der Waals surface area contributed by atoms with E-state index in [1.807, 2.05) is 11.8 Å². The number of nitrogens with zero attached hydrogens (tertiary/aromatic N) is 2. The Morgan fingerprint density at radius 1 is 1.29 bits per heavy atom. The standard InChI is InChI=1S/C17H25N3O4/c1-12-10-19(3)7-8-20(12)17(22)13-5-6-14(15(9-13)23-4)24-11-16(21)18-2/h5-6,9,12H,7-8,10-11H2,1-4H3,(H,18,21)/t12-/m0/s1. The van der Waals surface area contributed by atoms with Crippen molar-refractivity contribution in [1.29, 1.82) is 0 Å². The van der Waals surface area contributed by atoms with Gasteiger partial charge in [0.25, 0.3) is 11.8 Å². The number of ether oxygens (including phenoxy) is 2. The first-order valence-corrected chi connectivity index (χ1v) is 7.97. The van der Waals surface area contributed by atoms with E-state index in [1.165, 1.54) is 7.11 Å². The summed E-state index contributed by atoms with van der Waals surface area (Å²) >= 11 is 0. The van der Waals surface area contributed by atoms with E-state index in [0.29, 0.717) is 23.6 Å². The molecule has 1 heterocycles. The quantitative estimate of drug-likeness (QED) is 0.853. The predicted octanol–water partition coefficient (Wildman–Crippen LogP) is 0.596. The Balaban J connectivity index is 2.13. The van der Waals surface area contributed by atoms with Crippen LogP contribution in [0, 0.1) is 0 Å². The first-order chi connectivity index (χ1) is 11.5. The molecule has 1 aromatic carbocycles. The summed E-state index contributed by atoms with van der Waals surface area (Å²) < 4.78 is 10.7. The fraction of sp³-hybridized carbons (Fsp3) is 0.529. The van der Waals surface area contributed by atoms with Crippen molar-refractivity contribution in [1.82, 2.24) is 15.1 Å². The van der Waals surface area contributed by atoms with Crippen molar-refractivity contribution in [3.63, 3.8) is 0 Å². The molecule has 1 atom stereocenters. The molecule has 7 nitrogen and oxygen atoms in total. The highest BCUT2D eigenvalue weighted by molar-refractivity contribution is 5.95. The number of benzene rings is 1. The van der Waals surface area contributed by atoms with Gasteiger partial charge in [0.1, 0.15) is 0 Å². The normalized spacial score (nSPS) is 18.2. The monoisotopic (exact) mass is 335 g/mol. The molecule has 1 fully saturated rings. The van der Waals surface area contributed by atoms with Crippen molar-refractivity contribution in [2.45, 2.75) is 13.0 Å². The topological polar surface area (TPSA) is 71.1 Å². The van der Waals surface area contributed by atoms with Crippen LogP contribution in [0.3, 0.4) is 0 Å². The third-order valence-electron chi connectivity index (χ3n) is 4.14. The maximum atomic E-state index is 12.8. The minimum Gasteiger partial charge on any atom is -0.493 e. The first kappa shape index (κ1) is 18.1. The van der Waals surface area contributed by atoms with Crippen molar-refractivity contribution in [3.8, 4) is 11.5 Å². The van der Waals surface area contributed by atoms with Crippen LogP contribution in [-0.2, 0) is 4.79 Å². The van der Waals surface area contributed by atoms with Crippen LogP contribution in [0.5, 0.6) is 11.5 Å². The fourth-order valence-electron chi connectivity index (χ4n) is 2.74. The molecule has 7 heteroatoms. The largest absolute Gasteiger partial charge is 0.493 e. The summed E-state index contributed by atoms with van der Waals surface area (Å²) in [5.74, 6) is 0.617. The Morgan fingerprint density at radius 3 is 2.67 bits per heavy atom. The van der Waals surface area contributed by atoms with Gasteiger partial charge in [0.2, 0.25) is 0 Å². The number of nitrogens with one attached hydrogen (secondary N) is 1. The van der Waals surface area contributed by atoms with Crippen LogP contribution in [0.1, 0.15) is 17.3 Å². The van der Waals surface area contributed by atoms with E-state index >= 15 is 0 Å². The zero-order valence-corrected chi connectivity index (χ0v) is 14.7. The molecule has 1 N–H and O–H groups in total. The summed E-state index contributed by atoms with van der Waals surface area (Å²) in [5, 5.41) is 2.48. The lowest BCUT2D eigenvalue weighted by molar-refractivity contribution is -0.122. The summed E-state index contributed by atoms with van der Waals surface area (Å²) in [6, 6.07) is 5.18. The number of rotatable bonds is 5. The minimum atomic E-state index is -0.233. The van der Waals surface area contributed by atoms with Crippen molar-refractivity contribution < 1.29 is 19.1 Å². The Morgan fingerprint density at radius 2 is 2.04 bits per heavy atom. The zero-order chi connectivity index (χ0) is 17.7. The number of hydrogen-bond acceptors (Lipinski definition) is 5. The zero-order valence-electron chi connectivity index (χ0n) is 14.7. The molecule has 0 aromatic heterocycles. The van der Waals surface area contributed by atoms with Gasteiger partial charge in [-0.25, -0.2) is 0 Å². The van der Waals surface area contributed by atoms with E-state index < -0.39 is 0 Å². The number of likely N-dealkylation sites (N-methyl/N-ethyl adjacent to an activating group) is 2. The maximum absolute atomic E-state index is 12.8. The number of carbonyl (C=O) groups excluding carboxylic acids is 2. The van der Waals surface area contributed by atoms with E-state index in [4.69, 9.17) is 9.47 Å². The van der Waals surface area contributed by atoms with E-state index in [-0.39, 0.29) is 24.5 Å². The highest BCUT2D eigenvalue weighted by Crippen LogP contribution is 2.29. The van der Waals surface area contributed by atoms with Crippen LogP contribution >= 0.6 is 0 Å². The molecule has 1 aromatic rings. The lowest BCUT2D eigenvalue weighted by Crippen LogP contribution is -2.52. The molecule has 0 bridgehead atoms. The Hall–Kier alpha value is -2.28. The van der Waals surface area contributed by atoms with Gasteiger partial charge in [-0.1, -0.05) is 0 Å². The Labute approximate surface area is 142 Å². The smallest absolute Gasteiger partial charge is 0.257 e. The number of carbonyl (C=O) groups is 2. The average Bonchev–Trinajstić information content (AvgIpc) is 2.58. The lowest BCUT2D eigenvalue weighted by Gasteiger charge is -2.38. The highest BCUT2D eigenvalue weighted by Gasteiger charge is 2.27. The van der Waals surface area contributed by atoms with E-state index in [9.17, 15) is 9.59 Å². The van der Waals surface area contributed by atoms with E-state index in [2.05, 4.69) is 17.3 Å². The van der Waals surface area contributed by atoms with E-state index in [1.54, 1.807) is 25.2 Å². The summed E-state index contributed by atoms with van der Waals surface area (Å²) in [6.45, 7) is 4.37. The maximum Gasteiger partial charge on any atom is 0.257 e. The summed E-state index contributed by atoms with van der Waals surface area (Å²) in [7, 11) is 5.11. The van der Waals surface area contributed by atoms with Gasteiger partial charge in [-0.3, -0.25) is 9.59 Å². The van der Waals surface area contributed by atoms with Gasteiger partial charge in [0, 0.05) is 38.3 Å². The van der Waals surface area contributed by atoms with Gasteiger partial charge in [0.15, 0.2) is 18.1 Å². The van der Waals surface area contributed by atoms with Gasteiger partial charge in [0.05, 0.1) is 7.11 Å². The summed E-state index contributed by atoms with van der Waals surface area (Å²) in [4.78, 5) is 28.1. The second-order valence-corrected chi connectivity index (χ2v) is 5.94. The molecule has 132 valence electrons. The van der Waals surface area contributed by atoms with Crippen molar-refractivity contribution >= 4 is 11.8 Å². The van der Waals surface area contributed by atoms with Gasteiger partial charge in [-0.05, 0) is 32.2 Å². The van der Waals surface area contributed by atoms with Gasteiger partial charge < -0.3 is 24.6 Å². The number of piperazine rings is 1. The lowest BCUT2D eigenvalue weighted by atomic mass is 10.1. The SMILES string of the molecule is CNC(=O)COc1ccc(C(=O)N2CCN(C)C[C@@H]2C)cc1OC.